The third-order valence-corrected chi connectivity index (χ3v) is 3.84. The average molecular weight is 275 g/mol. The first-order valence-corrected chi connectivity index (χ1v) is 6.27. The number of aromatic nitrogens is 1. The molecule has 2 aromatic rings. The predicted octanol–water partition coefficient (Wildman–Crippen LogP) is 3.02. The van der Waals surface area contributed by atoms with Crippen molar-refractivity contribution >= 4 is 22.2 Å². The highest BCUT2D eigenvalue weighted by Crippen LogP contribution is 2.31. The zero-order chi connectivity index (χ0) is 14.0. The smallest absolute Gasteiger partial charge is 0.256 e. The van der Waals surface area contributed by atoms with Gasteiger partial charge in [-0.05, 0) is 25.5 Å². The minimum absolute atomic E-state index is 0.167. The third kappa shape index (κ3) is 2.61. The van der Waals surface area contributed by atoms with Crippen molar-refractivity contribution in [2.45, 2.75) is 13.8 Å². The van der Waals surface area contributed by atoms with Crippen LogP contribution in [0.1, 0.15) is 26.4 Å². The van der Waals surface area contributed by atoms with Crippen LogP contribution >= 0.6 is 11.3 Å². The van der Waals surface area contributed by atoms with E-state index in [1.165, 1.54) is 23.6 Å². The fourth-order valence-corrected chi connectivity index (χ4v) is 2.57. The fraction of sp³-hybridized carbons (Fsp3) is 0.154. The van der Waals surface area contributed by atoms with Gasteiger partial charge in [0.1, 0.15) is 11.1 Å². The first-order chi connectivity index (χ1) is 9.02. The van der Waals surface area contributed by atoms with Crippen LogP contribution in [0.5, 0.6) is 0 Å². The highest BCUT2D eigenvalue weighted by molar-refractivity contribution is 7.16. The summed E-state index contributed by atoms with van der Waals surface area (Å²) in [4.78, 5) is 16.3. The van der Waals surface area contributed by atoms with Gasteiger partial charge in [-0.2, -0.15) is 9.65 Å². The van der Waals surface area contributed by atoms with E-state index in [1.54, 1.807) is 0 Å². The normalized spacial score (nSPS) is 10.0. The molecule has 0 aromatic carbocycles. The lowest BCUT2D eigenvalue weighted by Gasteiger charge is -2.03. The second-order valence-corrected chi connectivity index (χ2v) is 5.15. The molecule has 1 N–H and O–H groups in total. The minimum atomic E-state index is -0.716. The van der Waals surface area contributed by atoms with E-state index in [2.05, 4.69) is 16.4 Å². The summed E-state index contributed by atoms with van der Waals surface area (Å²) in [6.45, 7) is 3.70. The lowest BCUT2D eigenvalue weighted by atomic mass is 10.2. The van der Waals surface area contributed by atoms with Gasteiger partial charge in [0.2, 0.25) is 5.95 Å². The summed E-state index contributed by atoms with van der Waals surface area (Å²) in [5, 5.41) is 12.2. The van der Waals surface area contributed by atoms with E-state index in [0.29, 0.717) is 10.6 Å². The van der Waals surface area contributed by atoms with Gasteiger partial charge in [-0.15, -0.1) is 11.3 Å². The summed E-state index contributed by atoms with van der Waals surface area (Å²) in [6.07, 6.45) is 1.22. The summed E-state index contributed by atoms with van der Waals surface area (Å²) in [6, 6.07) is 4.53. The Morgan fingerprint density at radius 2 is 2.26 bits per heavy atom. The molecule has 0 aliphatic carbocycles. The Hall–Kier alpha value is -2.26. The standard InChI is InChI=1S/C13H10FN3OS/c1-7-8(2)19-13(10(7)6-15)17-12(18)9-3-4-16-11(14)5-9/h3-5H,1-2H3,(H,17,18). The summed E-state index contributed by atoms with van der Waals surface area (Å²) < 4.78 is 12.9. The molecular weight excluding hydrogens is 265 g/mol. The number of nitrogens with one attached hydrogen (secondary N) is 1. The van der Waals surface area contributed by atoms with Gasteiger partial charge in [-0.1, -0.05) is 0 Å². The maximum atomic E-state index is 12.9. The van der Waals surface area contributed by atoms with Crippen molar-refractivity contribution < 1.29 is 9.18 Å². The first-order valence-electron chi connectivity index (χ1n) is 5.46. The van der Waals surface area contributed by atoms with E-state index in [1.807, 2.05) is 13.8 Å². The second kappa shape index (κ2) is 5.16. The van der Waals surface area contributed by atoms with Crippen molar-refractivity contribution in [3.63, 3.8) is 0 Å². The van der Waals surface area contributed by atoms with E-state index >= 15 is 0 Å². The molecule has 96 valence electrons. The Morgan fingerprint density at radius 1 is 1.53 bits per heavy atom. The van der Waals surface area contributed by atoms with Crippen molar-refractivity contribution in [2.24, 2.45) is 0 Å². The van der Waals surface area contributed by atoms with Crippen LogP contribution in [0.25, 0.3) is 0 Å². The fourth-order valence-electron chi connectivity index (χ4n) is 1.57. The van der Waals surface area contributed by atoms with Crippen molar-refractivity contribution in [3.8, 4) is 6.07 Å². The number of carbonyl (C=O) groups excluding carboxylic acids is 1. The first kappa shape index (κ1) is 13.2. The number of hydrogen-bond donors (Lipinski definition) is 1. The monoisotopic (exact) mass is 275 g/mol. The molecule has 0 aliphatic heterocycles. The zero-order valence-electron chi connectivity index (χ0n) is 10.3. The van der Waals surface area contributed by atoms with Crippen LogP contribution < -0.4 is 5.32 Å². The number of aryl methyl sites for hydroxylation is 1. The van der Waals surface area contributed by atoms with Crippen LogP contribution in [0.15, 0.2) is 18.3 Å². The number of pyridine rings is 1. The maximum absolute atomic E-state index is 12.9. The van der Waals surface area contributed by atoms with E-state index in [9.17, 15) is 9.18 Å². The number of halogens is 1. The highest BCUT2D eigenvalue weighted by atomic mass is 32.1. The number of nitriles is 1. The van der Waals surface area contributed by atoms with Gasteiger partial charge in [-0.25, -0.2) is 4.98 Å². The SMILES string of the molecule is Cc1sc(NC(=O)c2ccnc(F)c2)c(C#N)c1C. The van der Waals surface area contributed by atoms with Gasteiger partial charge < -0.3 is 5.32 Å². The van der Waals surface area contributed by atoms with E-state index in [4.69, 9.17) is 5.26 Å². The molecule has 0 saturated heterocycles. The lowest BCUT2D eigenvalue weighted by molar-refractivity contribution is 0.102. The van der Waals surface area contributed by atoms with E-state index < -0.39 is 11.9 Å². The molecule has 0 aliphatic rings. The molecule has 19 heavy (non-hydrogen) atoms. The van der Waals surface area contributed by atoms with Gasteiger partial charge in [-0.3, -0.25) is 4.79 Å². The Morgan fingerprint density at radius 3 is 2.89 bits per heavy atom. The number of rotatable bonds is 2. The largest absolute Gasteiger partial charge is 0.312 e. The van der Waals surface area contributed by atoms with Gasteiger partial charge in [0, 0.05) is 22.7 Å². The predicted molar refractivity (Wildman–Crippen MR) is 70.7 cm³/mol. The van der Waals surface area contributed by atoms with Crippen molar-refractivity contribution in [1.29, 1.82) is 5.26 Å². The summed E-state index contributed by atoms with van der Waals surface area (Å²) in [5.41, 5.74) is 1.47. The zero-order valence-corrected chi connectivity index (χ0v) is 11.1. The molecule has 4 nitrogen and oxygen atoms in total. The van der Waals surface area contributed by atoms with Gasteiger partial charge in [0.05, 0.1) is 5.56 Å². The summed E-state index contributed by atoms with van der Waals surface area (Å²) >= 11 is 1.33. The average Bonchev–Trinajstić information content (AvgIpc) is 2.64. The number of nitrogens with zero attached hydrogens (tertiary/aromatic N) is 2. The summed E-state index contributed by atoms with van der Waals surface area (Å²) in [7, 11) is 0. The van der Waals surface area contributed by atoms with Crippen LogP contribution in [0.3, 0.4) is 0 Å². The van der Waals surface area contributed by atoms with Crippen LogP contribution in [0.2, 0.25) is 0 Å². The molecule has 0 atom stereocenters. The Balaban J connectivity index is 2.30. The van der Waals surface area contributed by atoms with E-state index in [-0.39, 0.29) is 5.56 Å². The molecule has 0 radical (unpaired) electrons. The van der Waals surface area contributed by atoms with Crippen LogP contribution in [-0.2, 0) is 0 Å². The van der Waals surface area contributed by atoms with Crippen LogP contribution in [0, 0.1) is 31.1 Å². The molecule has 0 bridgehead atoms. The number of amides is 1. The highest BCUT2D eigenvalue weighted by Gasteiger charge is 2.15. The second-order valence-electron chi connectivity index (χ2n) is 3.92. The van der Waals surface area contributed by atoms with Crippen LogP contribution in [0.4, 0.5) is 9.39 Å². The third-order valence-electron chi connectivity index (χ3n) is 2.71. The molecule has 0 saturated carbocycles. The topological polar surface area (TPSA) is 65.8 Å². The van der Waals surface area contributed by atoms with Crippen LogP contribution in [-0.4, -0.2) is 10.9 Å². The Bertz CT molecular complexity index is 688. The molecular formula is C13H10FN3OS. The molecule has 2 heterocycles. The number of thiophene rings is 1. The molecule has 0 spiro atoms. The van der Waals surface area contributed by atoms with Gasteiger partial charge in [0.25, 0.3) is 5.91 Å². The van der Waals surface area contributed by atoms with Gasteiger partial charge >= 0.3 is 0 Å². The Labute approximate surface area is 113 Å². The number of hydrogen-bond acceptors (Lipinski definition) is 4. The Kier molecular flexibility index (Phi) is 3.58. The molecule has 1 amide bonds. The molecule has 2 rings (SSSR count). The van der Waals surface area contributed by atoms with Gasteiger partial charge in [0.15, 0.2) is 0 Å². The van der Waals surface area contributed by atoms with Crippen molar-refractivity contribution in [2.75, 3.05) is 5.32 Å². The van der Waals surface area contributed by atoms with Crippen molar-refractivity contribution in [3.05, 3.63) is 45.8 Å². The lowest BCUT2D eigenvalue weighted by Crippen LogP contribution is -2.12. The molecule has 2 aromatic heterocycles. The molecule has 6 heteroatoms. The number of anilines is 1. The minimum Gasteiger partial charge on any atom is -0.312 e. The van der Waals surface area contributed by atoms with Crippen molar-refractivity contribution in [1.82, 2.24) is 4.98 Å². The molecule has 0 fully saturated rings. The van der Waals surface area contributed by atoms with E-state index in [0.717, 1.165) is 16.5 Å². The quantitative estimate of drug-likeness (QED) is 0.857. The maximum Gasteiger partial charge on any atom is 0.256 e. The molecule has 0 unspecified atom stereocenters. The number of carbonyl (C=O) groups is 1. The summed E-state index contributed by atoms with van der Waals surface area (Å²) in [5.74, 6) is -1.18.